The lowest BCUT2D eigenvalue weighted by atomic mass is 10.2. The summed E-state index contributed by atoms with van der Waals surface area (Å²) >= 11 is 7.06. The molecule has 0 aliphatic heterocycles. The van der Waals surface area contributed by atoms with Gasteiger partial charge in [0.1, 0.15) is 0 Å². The fraction of sp³-hybridized carbons (Fsp3) is 0.188. The molecule has 0 amide bonds. The average molecular weight is 323 g/mol. The maximum Gasteiger partial charge on any atom is 0.210 e. The van der Waals surface area contributed by atoms with E-state index < -0.39 is 0 Å². The van der Waals surface area contributed by atoms with Gasteiger partial charge in [-0.25, -0.2) is 0 Å². The summed E-state index contributed by atoms with van der Waals surface area (Å²) in [6.07, 6.45) is 3.91. The summed E-state index contributed by atoms with van der Waals surface area (Å²) in [5.74, 6) is 1.04. The Bertz CT molecular complexity index is 661. The van der Waals surface area contributed by atoms with Crippen molar-refractivity contribution in [2.24, 2.45) is 0 Å². The van der Waals surface area contributed by atoms with Gasteiger partial charge in [-0.2, -0.15) is 0 Å². The monoisotopic (exact) mass is 322 g/mol. The average Bonchev–Trinajstić information content (AvgIpc) is 2.92. The summed E-state index contributed by atoms with van der Waals surface area (Å²) in [4.78, 5) is 12.6. The number of thiophene rings is 1. The lowest BCUT2D eigenvalue weighted by Crippen LogP contribution is -2.10. The van der Waals surface area contributed by atoms with Crippen molar-refractivity contribution < 1.29 is 14.3 Å². The van der Waals surface area contributed by atoms with Crippen LogP contribution in [0.3, 0.4) is 0 Å². The predicted octanol–water partition coefficient (Wildman–Crippen LogP) is 4.70. The van der Waals surface area contributed by atoms with Crippen LogP contribution in [0.2, 0.25) is 4.34 Å². The summed E-state index contributed by atoms with van der Waals surface area (Å²) in [5.41, 5.74) is 1.01. The number of ether oxygens (including phenoxy) is 2. The third-order valence-electron chi connectivity index (χ3n) is 2.75. The van der Waals surface area contributed by atoms with Gasteiger partial charge in [-0.3, -0.25) is 4.79 Å². The molecule has 0 bridgehead atoms. The molecule has 0 aliphatic rings. The number of ketones is 1. The van der Waals surface area contributed by atoms with Gasteiger partial charge in [0, 0.05) is 0 Å². The number of carbonyl (C=O) groups is 1. The van der Waals surface area contributed by atoms with E-state index >= 15 is 0 Å². The number of hydrogen-bond acceptors (Lipinski definition) is 4. The zero-order valence-corrected chi connectivity index (χ0v) is 13.3. The van der Waals surface area contributed by atoms with Crippen LogP contribution in [0.15, 0.2) is 36.4 Å². The van der Waals surface area contributed by atoms with Gasteiger partial charge in [0.2, 0.25) is 5.78 Å². The maximum absolute atomic E-state index is 12.0. The topological polar surface area (TPSA) is 35.5 Å². The first-order valence-electron chi connectivity index (χ1n) is 6.36. The van der Waals surface area contributed by atoms with Crippen molar-refractivity contribution in [3.8, 4) is 11.5 Å². The highest BCUT2D eigenvalue weighted by atomic mass is 35.5. The van der Waals surface area contributed by atoms with E-state index in [4.69, 9.17) is 21.1 Å². The Kier molecular flexibility index (Phi) is 5.42. The van der Waals surface area contributed by atoms with E-state index in [9.17, 15) is 4.79 Å². The van der Waals surface area contributed by atoms with E-state index in [0.717, 1.165) is 5.56 Å². The molecule has 3 nitrogen and oxygen atoms in total. The second-order valence-electron chi connectivity index (χ2n) is 4.23. The minimum Gasteiger partial charge on any atom is -0.493 e. The molecule has 5 heteroatoms. The van der Waals surface area contributed by atoms with Crippen LogP contribution in [-0.4, -0.2) is 19.5 Å². The van der Waals surface area contributed by atoms with E-state index in [1.54, 1.807) is 25.3 Å². The minimum atomic E-state index is -0.105. The van der Waals surface area contributed by atoms with E-state index in [2.05, 4.69) is 0 Å². The second kappa shape index (κ2) is 7.29. The standard InChI is InChI=1S/C16H15ClO3S/c1-3-4-11-5-6-13(14(9-11)19-2)20-10-12(18)15-7-8-16(17)21-15/h3-9H,10H2,1-2H3. The maximum atomic E-state index is 12.0. The van der Waals surface area contributed by atoms with E-state index in [1.807, 2.05) is 31.2 Å². The van der Waals surface area contributed by atoms with Crippen LogP contribution in [0.5, 0.6) is 11.5 Å². The molecular weight excluding hydrogens is 308 g/mol. The fourth-order valence-electron chi connectivity index (χ4n) is 1.78. The molecule has 110 valence electrons. The summed E-state index contributed by atoms with van der Waals surface area (Å²) in [5, 5.41) is 0. The highest BCUT2D eigenvalue weighted by molar-refractivity contribution is 7.18. The summed E-state index contributed by atoms with van der Waals surface area (Å²) < 4.78 is 11.4. The molecule has 0 fully saturated rings. The number of halogens is 1. The van der Waals surface area contributed by atoms with Crippen LogP contribution in [-0.2, 0) is 0 Å². The second-order valence-corrected chi connectivity index (χ2v) is 5.94. The largest absolute Gasteiger partial charge is 0.493 e. The first kappa shape index (κ1) is 15.6. The number of Topliss-reactive ketones (excluding diaryl/α,β-unsaturated/α-hetero) is 1. The molecule has 21 heavy (non-hydrogen) atoms. The summed E-state index contributed by atoms with van der Waals surface area (Å²) in [6.45, 7) is 1.90. The van der Waals surface area contributed by atoms with Crippen LogP contribution < -0.4 is 9.47 Å². The molecule has 1 aromatic heterocycles. The first-order chi connectivity index (χ1) is 10.1. The van der Waals surface area contributed by atoms with Crippen molar-refractivity contribution in [1.29, 1.82) is 0 Å². The Balaban J connectivity index is 2.07. The lowest BCUT2D eigenvalue weighted by molar-refractivity contribution is 0.0923. The number of rotatable bonds is 6. The Morgan fingerprint density at radius 3 is 2.71 bits per heavy atom. The van der Waals surface area contributed by atoms with Gasteiger partial charge in [0.05, 0.1) is 16.3 Å². The van der Waals surface area contributed by atoms with Crippen molar-refractivity contribution >= 4 is 34.8 Å². The van der Waals surface area contributed by atoms with E-state index in [-0.39, 0.29) is 12.4 Å². The molecule has 2 aromatic rings. The van der Waals surface area contributed by atoms with Crippen molar-refractivity contribution in [2.45, 2.75) is 6.92 Å². The molecule has 0 saturated heterocycles. The van der Waals surface area contributed by atoms with Gasteiger partial charge in [-0.1, -0.05) is 29.8 Å². The Morgan fingerprint density at radius 1 is 1.29 bits per heavy atom. The van der Waals surface area contributed by atoms with Crippen LogP contribution >= 0.6 is 22.9 Å². The van der Waals surface area contributed by atoms with E-state index in [0.29, 0.717) is 20.7 Å². The molecule has 0 atom stereocenters. The van der Waals surface area contributed by atoms with Gasteiger partial charge in [-0.15, -0.1) is 11.3 Å². The molecule has 0 radical (unpaired) electrons. The molecule has 0 saturated carbocycles. The number of benzene rings is 1. The molecular formula is C16H15ClO3S. The molecule has 0 aliphatic carbocycles. The highest BCUT2D eigenvalue weighted by Crippen LogP contribution is 2.29. The van der Waals surface area contributed by atoms with Crippen molar-refractivity contribution in [3.05, 3.63) is 51.2 Å². The molecule has 0 unspecified atom stereocenters. The third kappa shape index (κ3) is 4.09. The van der Waals surface area contributed by atoms with Gasteiger partial charge < -0.3 is 9.47 Å². The molecule has 2 rings (SSSR count). The third-order valence-corrected chi connectivity index (χ3v) is 4.03. The number of hydrogen-bond donors (Lipinski definition) is 0. The summed E-state index contributed by atoms with van der Waals surface area (Å²) in [7, 11) is 1.57. The lowest BCUT2D eigenvalue weighted by Gasteiger charge is -2.10. The zero-order chi connectivity index (χ0) is 15.2. The van der Waals surface area contributed by atoms with Gasteiger partial charge in [0.25, 0.3) is 0 Å². The van der Waals surface area contributed by atoms with Crippen molar-refractivity contribution in [1.82, 2.24) is 0 Å². The van der Waals surface area contributed by atoms with Gasteiger partial charge >= 0.3 is 0 Å². The SMILES string of the molecule is CC=Cc1ccc(OCC(=O)c2ccc(Cl)s2)c(OC)c1. The normalized spacial score (nSPS) is 10.8. The number of allylic oxidation sites excluding steroid dienone is 1. The van der Waals surface area contributed by atoms with Crippen LogP contribution in [0.4, 0.5) is 0 Å². The predicted molar refractivity (Wildman–Crippen MR) is 86.9 cm³/mol. The Morgan fingerprint density at radius 2 is 2.10 bits per heavy atom. The fourth-order valence-corrected chi connectivity index (χ4v) is 2.75. The van der Waals surface area contributed by atoms with Crippen molar-refractivity contribution in [2.75, 3.05) is 13.7 Å². The van der Waals surface area contributed by atoms with Gasteiger partial charge in [-0.05, 0) is 36.8 Å². The van der Waals surface area contributed by atoms with Gasteiger partial charge in [0.15, 0.2) is 18.1 Å². The number of methoxy groups -OCH3 is 1. The zero-order valence-electron chi connectivity index (χ0n) is 11.8. The smallest absolute Gasteiger partial charge is 0.210 e. The Hall–Kier alpha value is -1.78. The molecule has 1 heterocycles. The quantitative estimate of drug-likeness (QED) is 0.723. The summed E-state index contributed by atoms with van der Waals surface area (Å²) in [6, 6.07) is 8.96. The number of carbonyl (C=O) groups excluding carboxylic acids is 1. The van der Waals surface area contributed by atoms with E-state index in [1.165, 1.54) is 11.3 Å². The first-order valence-corrected chi connectivity index (χ1v) is 7.55. The van der Waals surface area contributed by atoms with Crippen LogP contribution in [0.25, 0.3) is 6.08 Å². The van der Waals surface area contributed by atoms with Crippen LogP contribution in [0, 0.1) is 0 Å². The Labute approximate surface area is 132 Å². The molecule has 0 spiro atoms. The minimum absolute atomic E-state index is 0.0455. The highest BCUT2D eigenvalue weighted by Gasteiger charge is 2.12. The molecule has 0 N–H and O–H groups in total. The van der Waals surface area contributed by atoms with Crippen LogP contribution in [0.1, 0.15) is 22.2 Å². The molecule has 1 aromatic carbocycles. The van der Waals surface area contributed by atoms with Crippen molar-refractivity contribution in [3.63, 3.8) is 0 Å².